The summed E-state index contributed by atoms with van der Waals surface area (Å²) in [6, 6.07) is 106. The van der Waals surface area contributed by atoms with Gasteiger partial charge in [-0.15, -0.1) is 0 Å². The molecule has 0 unspecified atom stereocenters. The van der Waals surface area contributed by atoms with Gasteiger partial charge in [-0.1, -0.05) is 170 Å². The fourth-order valence-corrected chi connectivity index (χ4v) is 11.9. The molecule has 0 radical (unpaired) electrons. The lowest BCUT2D eigenvalue weighted by molar-refractivity contribution is 1.18. The zero-order valence-electron chi connectivity index (χ0n) is 41.5. The Balaban J connectivity index is 0.793. The van der Waals surface area contributed by atoms with Crippen molar-refractivity contribution < 1.29 is 0 Å². The Hall–Kier alpha value is -10.2. The van der Waals surface area contributed by atoms with Crippen LogP contribution in [0.2, 0.25) is 0 Å². The quantitative estimate of drug-likeness (QED) is 0.141. The number of fused-ring (bicyclic) bond motifs is 9. The van der Waals surface area contributed by atoms with Crippen LogP contribution in [0.4, 0.5) is 17.1 Å². The SMILES string of the molecule is c1ccc(-n2c3ccccc3c3cc(-c4ccc(N(c5ccc(-c6ccc(-n7c8ccccc8c8ccccc87)cc6)cc5)c5ccc(-c6ccc7c(c6)c6ccccc6n7-c6ccccc6)cc5)cc4)ccc32)cc1. The molecular weight excluding hydrogens is 921 g/mol. The molecule has 0 aliphatic heterocycles. The largest absolute Gasteiger partial charge is 0.311 e. The first-order valence-corrected chi connectivity index (χ1v) is 26.1. The van der Waals surface area contributed by atoms with E-state index < -0.39 is 0 Å². The normalized spacial score (nSPS) is 11.7. The lowest BCUT2D eigenvalue weighted by Gasteiger charge is -2.26. The molecule has 0 saturated heterocycles. The first kappa shape index (κ1) is 43.4. The van der Waals surface area contributed by atoms with Crippen LogP contribution in [0.15, 0.2) is 291 Å². The van der Waals surface area contributed by atoms with Gasteiger partial charge in [0.15, 0.2) is 0 Å². The Kier molecular flexibility index (Phi) is 10.2. The zero-order chi connectivity index (χ0) is 50.1. The molecule has 0 bridgehead atoms. The Morgan fingerprint density at radius 2 is 0.434 bits per heavy atom. The number of hydrogen-bond acceptors (Lipinski definition) is 1. The zero-order valence-corrected chi connectivity index (χ0v) is 41.5. The number of anilines is 3. The van der Waals surface area contributed by atoms with Crippen molar-refractivity contribution in [3.05, 3.63) is 291 Å². The summed E-state index contributed by atoms with van der Waals surface area (Å²) >= 11 is 0. The molecule has 0 spiro atoms. The lowest BCUT2D eigenvalue weighted by Crippen LogP contribution is -2.09. The predicted octanol–water partition coefficient (Wildman–Crippen LogP) is 19.4. The van der Waals surface area contributed by atoms with Gasteiger partial charge in [-0.05, 0) is 155 Å². The monoisotopic (exact) mass is 968 g/mol. The van der Waals surface area contributed by atoms with Crippen LogP contribution in [0, 0.1) is 0 Å². The molecule has 3 heterocycles. The van der Waals surface area contributed by atoms with E-state index in [1.165, 1.54) is 93.2 Å². The summed E-state index contributed by atoms with van der Waals surface area (Å²) in [6.45, 7) is 0. The summed E-state index contributed by atoms with van der Waals surface area (Å²) in [7, 11) is 0. The first-order chi connectivity index (χ1) is 37.7. The highest BCUT2D eigenvalue weighted by Crippen LogP contribution is 2.41. The molecule has 15 aromatic rings. The van der Waals surface area contributed by atoms with E-state index in [1.54, 1.807) is 0 Å². The summed E-state index contributed by atoms with van der Waals surface area (Å²) in [6.07, 6.45) is 0. The molecule has 0 fully saturated rings. The number of aromatic nitrogens is 3. The third kappa shape index (κ3) is 7.14. The third-order valence-corrected chi connectivity index (χ3v) is 15.5. The summed E-state index contributed by atoms with van der Waals surface area (Å²) in [5.74, 6) is 0. The minimum atomic E-state index is 1.08. The third-order valence-electron chi connectivity index (χ3n) is 15.5. The molecule has 12 aromatic carbocycles. The average Bonchev–Trinajstić information content (AvgIpc) is 4.19. The van der Waals surface area contributed by atoms with E-state index in [1.807, 2.05) is 0 Å². The Bertz CT molecular complexity index is 4390. The van der Waals surface area contributed by atoms with Gasteiger partial charge in [0.1, 0.15) is 0 Å². The van der Waals surface area contributed by atoms with E-state index >= 15 is 0 Å². The van der Waals surface area contributed by atoms with Crippen molar-refractivity contribution in [1.82, 2.24) is 13.7 Å². The fraction of sp³-hybridized carbons (Fsp3) is 0. The lowest BCUT2D eigenvalue weighted by atomic mass is 10.0. The maximum atomic E-state index is 2.37. The molecular formula is C72H48N4. The van der Waals surface area contributed by atoms with E-state index in [9.17, 15) is 0 Å². The Labute approximate surface area is 440 Å². The number of rotatable bonds is 9. The molecule has 76 heavy (non-hydrogen) atoms. The summed E-state index contributed by atoms with van der Waals surface area (Å²) in [5.41, 5.74) is 21.0. The Morgan fingerprint density at radius 1 is 0.184 bits per heavy atom. The first-order valence-electron chi connectivity index (χ1n) is 26.1. The smallest absolute Gasteiger partial charge is 0.0541 e. The molecule has 0 aliphatic carbocycles. The van der Waals surface area contributed by atoms with Crippen molar-refractivity contribution in [2.24, 2.45) is 0 Å². The van der Waals surface area contributed by atoms with Gasteiger partial charge < -0.3 is 18.6 Å². The van der Waals surface area contributed by atoms with Gasteiger partial charge in [-0.2, -0.15) is 0 Å². The molecule has 0 atom stereocenters. The summed E-state index contributed by atoms with van der Waals surface area (Å²) in [4.78, 5) is 2.37. The van der Waals surface area contributed by atoms with Crippen molar-refractivity contribution in [2.75, 3.05) is 4.90 Å². The number of nitrogens with zero attached hydrogens (tertiary/aromatic N) is 4. The number of para-hydroxylation sites is 6. The van der Waals surface area contributed by atoms with E-state index in [0.29, 0.717) is 0 Å². The van der Waals surface area contributed by atoms with Crippen LogP contribution >= 0.6 is 0 Å². The van der Waals surface area contributed by atoms with Gasteiger partial charge in [0, 0.05) is 66.4 Å². The van der Waals surface area contributed by atoms with Crippen molar-refractivity contribution >= 4 is 82.5 Å². The molecule has 0 saturated carbocycles. The second-order valence-electron chi connectivity index (χ2n) is 19.7. The standard InChI is InChI=1S/C72H48N4/c1-3-15-55(16-4-1)74-69-25-13-9-21-63(69)65-47-53(35-45-71(65)74)51-31-39-58(40-32-51)73(57-37-27-49(28-38-57)50-29-43-60(44-30-50)76-67-23-11-7-19-61(67)62-20-8-12-24-68(62)76)59-41-33-52(34-42-59)54-36-46-72-66(48-54)64-22-10-14-26-70(64)75(72)56-17-5-2-6-18-56/h1-48H. The van der Waals surface area contributed by atoms with Crippen LogP contribution in [0.5, 0.6) is 0 Å². The molecule has 356 valence electrons. The second kappa shape index (κ2) is 17.8. The van der Waals surface area contributed by atoms with Gasteiger partial charge in [-0.25, -0.2) is 0 Å². The predicted molar refractivity (Wildman–Crippen MR) is 320 cm³/mol. The minimum Gasteiger partial charge on any atom is -0.311 e. The van der Waals surface area contributed by atoms with Gasteiger partial charge in [0.2, 0.25) is 0 Å². The molecule has 4 heteroatoms. The van der Waals surface area contributed by atoms with Crippen LogP contribution in [0.1, 0.15) is 0 Å². The number of hydrogen-bond donors (Lipinski definition) is 0. The van der Waals surface area contributed by atoms with Gasteiger partial charge >= 0.3 is 0 Å². The molecule has 0 amide bonds. The second-order valence-corrected chi connectivity index (χ2v) is 19.7. The van der Waals surface area contributed by atoms with Gasteiger partial charge in [0.25, 0.3) is 0 Å². The van der Waals surface area contributed by atoms with E-state index in [0.717, 1.165) is 39.7 Å². The molecule has 4 nitrogen and oxygen atoms in total. The highest BCUT2D eigenvalue weighted by Gasteiger charge is 2.18. The van der Waals surface area contributed by atoms with Crippen LogP contribution < -0.4 is 4.90 Å². The molecule has 0 N–H and O–H groups in total. The minimum absolute atomic E-state index is 1.08. The summed E-state index contributed by atoms with van der Waals surface area (Å²) in [5, 5.41) is 7.50. The average molecular weight is 969 g/mol. The van der Waals surface area contributed by atoms with E-state index in [2.05, 4.69) is 310 Å². The van der Waals surface area contributed by atoms with Crippen LogP contribution in [-0.4, -0.2) is 13.7 Å². The van der Waals surface area contributed by atoms with Crippen LogP contribution in [0.3, 0.4) is 0 Å². The van der Waals surface area contributed by atoms with Crippen LogP contribution in [-0.2, 0) is 0 Å². The van der Waals surface area contributed by atoms with Gasteiger partial charge in [-0.3, -0.25) is 0 Å². The maximum Gasteiger partial charge on any atom is 0.0541 e. The number of benzene rings is 12. The highest BCUT2D eigenvalue weighted by molar-refractivity contribution is 6.12. The van der Waals surface area contributed by atoms with E-state index in [-0.39, 0.29) is 0 Å². The fourth-order valence-electron chi connectivity index (χ4n) is 11.9. The van der Waals surface area contributed by atoms with Crippen molar-refractivity contribution in [1.29, 1.82) is 0 Å². The Morgan fingerprint density at radius 3 is 0.789 bits per heavy atom. The van der Waals surface area contributed by atoms with Crippen molar-refractivity contribution in [2.45, 2.75) is 0 Å². The van der Waals surface area contributed by atoms with Crippen LogP contribution in [0.25, 0.3) is 116 Å². The highest BCUT2D eigenvalue weighted by atomic mass is 15.1. The molecule has 3 aromatic heterocycles. The van der Waals surface area contributed by atoms with E-state index in [4.69, 9.17) is 0 Å². The molecule has 15 rings (SSSR count). The summed E-state index contributed by atoms with van der Waals surface area (Å²) < 4.78 is 7.12. The van der Waals surface area contributed by atoms with Gasteiger partial charge in [0.05, 0.1) is 33.1 Å². The van der Waals surface area contributed by atoms with Crippen molar-refractivity contribution in [3.63, 3.8) is 0 Å². The topological polar surface area (TPSA) is 18.0 Å². The maximum absolute atomic E-state index is 2.37. The van der Waals surface area contributed by atoms with Crippen molar-refractivity contribution in [3.8, 4) is 50.4 Å². The molecule has 0 aliphatic rings.